The summed E-state index contributed by atoms with van der Waals surface area (Å²) >= 11 is 0. The van der Waals surface area contributed by atoms with Crippen molar-refractivity contribution in [2.45, 2.75) is 19.9 Å². The molecule has 19 heavy (non-hydrogen) atoms. The van der Waals surface area contributed by atoms with Gasteiger partial charge in [-0.1, -0.05) is 12.1 Å². The van der Waals surface area contributed by atoms with Crippen LogP contribution in [0, 0.1) is 17.0 Å². The van der Waals surface area contributed by atoms with Crippen molar-refractivity contribution < 1.29 is 4.92 Å². The zero-order chi connectivity index (χ0) is 14.0. The molecule has 2 rings (SSSR count). The van der Waals surface area contributed by atoms with E-state index in [0.29, 0.717) is 13.0 Å². The van der Waals surface area contributed by atoms with Crippen LogP contribution in [-0.4, -0.2) is 14.5 Å². The zero-order valence-corrected chi connectivity index (χ0v) is 11.0. The molecule has 0 aliphatic heterocycles. The third-order valence-electron chi connectivity index (χ3n) is 3.18. The van der Waals surface area contributed by atoms with Crippen molar-refractivity contribution in [2.24, 2.45) is 12.8 Å². The lowest BCUT2D eigenvalue weighted by molar-refractivity contribution is -0.384. The Morgan fingerprint density at radius 1 is 1.47 bits per heavy atom. The summed E-state index contributed by atoms with van der Waals surface area (Å²) in [6.45, 7) is 2.30. The molecule has 0 spiro atoms. The number of imidazole rings is 1. The van der Waals surface area contributed by atoms with Crippen molar-refractivity contribution in [3.05, 3.63) is 57.2 Å². The molecule has 0 unspecified atom stereocenters. The minimum absolute atomic E-state index is 0.108. The van der Waals surface area contributed by atoms with E-state index in [0.717, 1.165) is 22.8 Å². The fourth-order valence-electron chi connectivity index (χ4n) is 2.13. The van der Waals surface area contributed by atoms with Gasteiger partial charge in [0.1, 0.15) is 5.82 Å². The van der Waals surface area contributed by atoms with Gasteiger partial charge in [-0.25, -0.2) is 4.98 Å². The van der Waals surface area contributed by atoms with E-state index in [1.165, 1.54) is 6.07 Å². The Morgan fingerprint density at radius 3 is 2.79 bits per heavy atom. The van der Waals surface area contributed by atoms with Crippen LogP contribution in [0.2, 0.25) is 0 Å². The van der Waals surface area contributed by atoms with Crippen LogP contribution in [0.15, 0.2) is 24.3 Å². The standard InChI is InChI=1S/C13H16N4O2/c1-9-12(16(2)13(8-14)15-9)7-10-4-3-5-11(6-10)17(18)19/h3-6H,7-8,14H2,1-2H3. The third kappa shape index (κ3) is 2.63. The number of hydrogen-bond donors (Lipinski definition) is 1. The van der Waals surface area contributed by atoms with E-state index in [9.17, 15) is 10.1 Å². The van der Waals surface area contributed by atoms with Crippen molar-refractivity contribution in [1.29, 1.82) is 0 Å². The van der Waals surface area contributed by atoms with Gasteiger partial charge in [0.2, 0.25) is 0 Å². The smallest absolute Gasteiger partial charge is 0.269 e. The van der Waals surface area contributed by atoms with Gasteiger partial charge >= 0.3 is 0 Å². The molecular formula is C13H16N4O2. The molecule has 0 saturated heterocycles. The van der Waals surface area contributed by atoms with E-state index in [1.807, 2.05) is 24.6 Å². The van der Waals surface area contributed by atoms with E-state index < -0.39 is 0 Å². The number of hydrogen-bond acceptors (Lipinski definition) is 4. The van der Waals surface area contributed by atoms with Gasteiger partial charge in [0.05, 0.1) is 17.2 Å². The monoisotopic (exact) mass is 260 g/mol. The molecule has 1 heterocycles. The first-order chi connectivity index (χ1) is 9.02. The predicted molar refractivity (Wildman–Crippen MR) is 71.7 cm³/mol. The molecule has 0 aliphatic carbocycles. The summed E-state index contributed by atoms with van der Waals surface area (Å²) in [4.78, 5) is 14.8. The SMILES string of the molecule is Cc1nc(CN)n(C)c1Cc1cccc([N+](=O)[O-])c1. The van der Waals surface area contributed by atoms with Crippen molar-refractivity contribution in [3.8, 4) is 0 Å². The summed E-state index contributed by atoms with van der Waals surface area (Å²) in [6, 6.07) is 6.66. The van der Waals surface area contributed by atoms with E-state index >= 15 is 0 Å². The van der Waals surface area contributed by atoms with E-state index in [-0.39, 0.29) is 10.6 Å². The highest BCUT2D eigenvalue weighted by Gasteiger charge is 2.12. The second kappa shape index (κ2) is 5.19. The minimum Gasteiger partial charge on any atom is -0.333 e. The molecule has 1 aromatic carbocycles. The van der Waals surface area contributed by atoms with Crippen LogP contribution in [-0.2, 0) is 20.0 Å². The Bertz CT molecular complexity index is 619. The quantitative estimate of drug-likeness (QED) is 0.669. The van der Waals surface area contributed by atoms with Crippen LogP contribution in [0.25, 0.3) is 0 Å². The van der Waals surface area contributed by atoms with Gasteiger partial charge in [0.25, 0.3) is 5.69 Å². The number of benzene rings is 1. The van der Waals surface area contributed by atoms with Gasteiger partial charge in [-0.2, -0.15) is 0 Å². The molecule has 2 N–H and O–H groups in total. The fraction of sp³-hybridized carbons (Fsp3) is 0.308. The van der Waals surface area contributed by atoms with Crippen LogP contribution in [0.4, 0.5) is 5.69 Å². The average molecular weight is 260 g/mol. The van der Waals surface area contributed by atoms with E-state index in [4.69, 9.17) is 5.73 Å². The molecule has 2 aromatic rings. The Balaban J connectivity index is 2.33. The molecule has 0 radical (unpaired) electrons. The van der Waals surface area contributed by atoms with Crippen molar-refractivity contribution in [2.75, 3.05) is 0 Å². The zero-order valence-electron chi connectivity index (χ0n) is 11.0. The molecule has 0 fully saturated rings. The summed E-state index contributed by atoms with van der Waals surface area (Å²) in [5.41, 5.74) is 8.56. The molecule has 0 amide bonds. The van der Waals surface area contributed by atoms with Crippen molar-refractivity contribution in [1.82, 2.24) is 9.55 Å². The van der Waals surface area contributed by atoms with Gasteiger partial charge in [0, 0.05) is 31.3 Å². The summed E-state index contributed by atoms with van der Waals surface area (Å²) in [5.74, 6) is 0.818. The average Bonchev–Trinajstić information content (AvgIpc) is 2.66. The van der Waals surface area contributed by atoms with Crippen LogP contribution >= 0.6 is 0 Å². The lowest BCUT2D eigenvalue weighted by Crippen LogP contribution is -2.07. The fourth-order valence-corrected chi connectivity index (χ4v) is 2.13. The lowest BCUT2D eigenvalue weighted by atomic mass is 10.1. The normalized spacial score (nSPS) is 10.7. The van der Waals surface area contributed by atoms with Gasteiger partial charge in [0.15, 0.2) is 0 Å². The number of rotatable bonds is 4. The second-order valence-electron chi connectivity index (χ2n) is 4.43. The second-order valence-corrected chi connectivity index (χ2v) is 4.43. The molecule has 6 heteroatoms. The predicted octanol–water partition coefficient (Wildman–Crippen LogP) is 1.69. The first kappa shape index (κ1) is 13.2. The molecular weight excluding hydrogens is 244 g/mol. The summed E-state index contributed by atoms with van der Waals surface area (Å²) in [5, 5.41) is 10.8. The number of non-ortho nitro benzene ring substituents is 1. The number of nitro benzene ring substituents is 1. The van der Waals surface area contributed by atoms with Gasteiger partial charge in [-0.3, -0.25) is 10.1 Å². The summed E-state index contributed by atoms with van der Waals surface area (Å²) in [7, 11) is 1.91. The Morgan fingerprint density at radius 2 is 2.21 bits per heavy atom. The van der Waals surface area contributed by atoms with Gasteiger partial charge in [-0.15, -0.1) is 0 Å². The number of nitro groups is 1. The third-order valence-corrected chi connectivity index (χ3v) is 3.18. The molecule has 0 aliphatic rings. The minimum atomic E-state index is -0.384. The van der Waals surface area contributed by atoms with Gasteiger partial charge in [-0.05, 0) is 12.5 Å². The maximum Gasteiger partial charge on any atom is 0.269 e. The Kier molecular flexibility index (Phi) is 3.62. The summed E-state index contributed by atoms with van der Waals surface area (Å²) in [6.07, 6.45) is 0.608. The van der Waals surface area contributed by atoms with E-state index in [2.05, 4.69) is 4.98 Å². The maximum absolute atomic E-state index is 10.8. The van der Waals surface area contributed by atoms with Crippen molar-refractivity contribution in [3.63, 3.8) is 0 Å². The van der Waals surface area contributed by atoms with Crippen molar-refractivity contribution >= 4 is 5.69 Å². The molecule has 0 saturated carbocycles. The highest BCUT2D eigenvalue weighted by molar-refractivity contribution is 5.36. The topological polar surface area (TPSA) is 87.0 Å². The molecule has 0 bridgehead atoms. The highest BCUT2D eigenvalue weighted by atomic mass is 16.6. The number of nitrogens with zero attached hydrogens (tertiary/aromatic N) is 3. The Labute approximate surface area is 111 Å². The van der Waals surface area contributed by atoms with Crippen LogP contribution in [0.3, 0.4) is 0 Å². The van der Waals surface area contributed by atoms with Crippen LogP contribution in [0.1, 0.15) is 22.8 Å². The first-order valence-corrected chi connectivity index (χ1v) is 5.97. The highest BCUT2D eigenvalue weighted by Crippen LogP contribution is 2.18. The van der Waals surface area contributed by atoms with Crippen LogP contribution < -0.4 is 5.73 Å². The number of aryl methyl sites for hydroxylation is 1. The molecule has 0 atom stereocenters. The first-order valence-electron chi connectivity index (χ1n) is 5.97. The molecule has 1 aromatic heterocycles. The Hall–Kier alpha value is -2.21. The molecule has 100 valence electrons. The van der Waals surface area contributed by atoms with Gasteiger partial charge < -0.3 is 10.3 Å². The lowest BCUT2D eigenvalue weighted by Gasteiger charge is -2.06. The number of aromatic nitrogens is 2. The largest absolute Gasteiger partial charge is 0.333 e. The maximum atomic E-state index is 10.8. The van der Waals surface area contributed by atoms with Crippen LogP contribution in [0.5, 0.6) is 0 Å². The molecule has 6 nitrogen and oxygen atoms in total. The van der Waals surface area contributed by atoms with E-state index in [1.54, 1.807) is 12.1 Å². The number of nitrogens with two attached hydrogens (primary N) is 1. The summed E-state index contributed by atoms with van der Waals surface area (Å²) < 4.78 is 1.95.